The van der Waals surface area contributed by atoms with Crippen molar-refractivity contribution in [1.29, 1.82) is 0 Å². The molecule has 0 bridgehead atoms. The first-order valence-corrected chi connectivity index (χ1v) is 7.96. The predicted molar refractivity (Wildman–Crippen MR) is 94.7 cm³/mol. The number of hydrogen-bond acceptors (Lipinski definition) is 4. The van der Waals surface area contributed by atoms with Crippen molar-refractivity contribution in [2.75, 3.05) is 32.1 Å². The molecule has 5 nitrogen and oxygen atoms in total. The third kappa shape index (κ3) is 6.37. The van der Waals surface area contributed by atoms with Crippen LogP contribution in [-0.4, -0.2) is 38.8 Å². The van der Waals surface area contributed by atoms with E-state index in [0.29, 0.717) is 19.3 Å². The molecule has 1 saturated carbocycles. The number of hydrogen-bond donors (Lipinski definition) is 2. The van der Waals surface area contributed by atoms with Gasteiger partial charge in [-0.1, -0.05) is 6.07 Å². The van der Waals surface area contributed by atoms with Gasteiger partial charge in [0.2, 0.25) is 5.91 Å². The molecule has 2 N–H and O–H groups in total. The lowest BCUT2D eigenvalue weighted by Gasteiger charge is -2.17. The fourth-order valence-electron chi connectivity index (χ4n) is 2.63. The maximum Gasteiger partial charge on any atom is 0.238 e. The van der Waals surface area contributed by atoms with Gasteiger partial charge < -0.3 is 20.1 Å². The van der Waals surface area contributed by atoms with Crippen molar-refractivity contribution >= 4 is 24.0 Å². The zero-order valence-corrected chi connectivity index (χ0v) is 14.7. The average Bonchev–Trinajstić information content (AvgIpc) is 3.01. The highest BCUT2D eigenvalue weighted by Crippen LogP contribution is 2.30. The minimum Gasteiger partial charge on any atom is -0.490 e. The van der Waals surface area contributed by atoms with Gasteiger partial charge in [-0.25, -0.2) is 0 Å². The van der Waals surface area contributed by atoms with Gasteiger partial charge in [-0.3, -0.25) is 4.79 Å². The zero-order chi connectivity index (χ0) is 15.8. The van der Waals surface area contributed by atoms with Crippen molar-refractivity contribution in [3.8, 4) is 5.75 Å². The molecule has 23 heavy (non-hydrogen) atoms. The largest absolute Gasteiger partial charge is 0.490 e. The zero-order valence-electron chi connectivity index (χ0n) is 13.9. The summed E-state index contributed by atoms with van der Waals surface area (Å²) in [5.41, 5.74) is 1.80. The molecule has 0 atom stereocenters. The molecule has 0 aliphatic heterocycles. The van der Waals surface area contributed by atoms with E-state index < -0.39 is 0 Å². The van der Waals surface area contributed by atoms with Gasteiger partial charge in [0.1, 0.15) is 5.75 Å². The van der Waals surface area contributed by atoms with Gasteiger partial charge >= 0.3 is 0 Å². The number of carbonyl (C=O) groups excluding carboxylic acids is 1. The molecule has 0 aromatic heterocycles. The fraction of sp³-hybridized carbons (Fsp3) is 0.588. The molecule has 130 valence electrons. The van der Waals surface area contributed by atoms with Crippen molar-refractivity contribution in [2.24, 2.45) is 0 Å². The van der Waals surface area contributed by atoms with Crippen LogP contribution in [0.4, 0.5) is 5.69 Å². The van der Waals surface area contributed by atoms with Crippen LogP contribution in [0, 0.1) is 6.92 Å². The van der Waals surface area contributed by atoms with E-state index in [1.54, 1.807) is 7.11 Å². The van der Waals surface area contributed by atoms with Gasteiger partial charge in [0, 0.05) is 24.9 Å². The Balaban J connectivity index is 0.00000264. The van der Waals surface area contributed by atoms with E-state index in [1.165, 1.54) is 12.8 Å². The number of methoxy groups -OCH3 is 1. The highest BCUT2D eigenvalue weighted by Gasteiger charge is 2.18. The number of benzene rings is 1. The van der Waals surface area contributed by atoms with Crippen molar-refractivity contribution in [1.82, 2.24) is 5.32 Å². The lowest BCUT2D eigenvalue weighted by Crippen LogP contribution is -2.30. The molecule has 1 aromatic rings. The molecule has 0 unspecified atom stereocenters. The van der Waals surface area contributed by atoms with Crippen LogP contribution in [0.3, 0.4) is 0 Å². The summed E-state index contributed by atoms with van der Waals surface area (Å²) in [6.07, 6.45) is 5.06. The van der Waals surface area contributed by atoms with Crippen molar-refractivity contribution in [2.45, 2.75) is 38.7 Å². The van der Waals surface area contributed by atoms with Crippen molar-refractivity contribution < 1.29 is 14.3 Å². The quantitative estimate of drug-likeness (QED) is 0.713. The summed E-state index contributed by atoms with van der Waals surface area (Å²) < 4.78 is 11.0. The van der Waals surface area contributed by atoms with E-state index in [-0.39, 0.29) is 24.9 Å². The fourth-order valence-corrected chi connectivity index (χ4v) is 2.63. The monoisotopic (exact) mass is 342 g/mol. The van der Waals surface area contributed by atoms with E-state index in [9.17, 15) is 4.79 Å². The number of amides is 1. The standard InChI is InChI=1S/C17H26N2O3.ClH/c1-13-15(19-17(20)12-18-10-11-21-2)8-5-9-16(13)22-14-6-3-4-7-14;/h5,8-9,14,18H,3-4,6-7,10-12H2,1-2H3,(H,19,20);1H. The van der Waals surface area contributed by atoms with Gasteiger partial charge in [0.15, 0.2) is 0 Å². The van der Waals surface area contributed by atoms with Crippen LogP contribution in [0.1, 0.15) is 31.2 Å². The van der Waals surface area contributed by atoms with Gasteiger partial charge in [-0.2, -0.15) is 0 Å². The summed E-state index contributed by atoms with van der Waals surface area (Å²) in [6.45, 7) is 3.51. The van der Waals surface area contributed by atoms with Crippen molar-refractivity contribution in [3.05, 3.63) is 23.8 Å². The molecular formula is C17H27ClN2O3. The summed E-state index contributed by atoms with van der Waals surface area (Å²) >= 11 is 0. The van der Waals surface area contributed by atoms with Gasteiger partial charge in [0.05, 0.1) is 19.3 Å². The predicted octanol–water partition coefficient (Wildman–Crippen LogP) is 2.91. The minimum absolute atomic E-state index is 0. The van der Waals surface area contributed by atoms with Crippen LogP contribution < -0.4 is 15.4 Å². The van der Waals surface area contributed by atoms with Crippen molar-refractivity contribution in [3.63, 3.8) is 0 Å². The Kier molecular flexibility index (Phi) is 8.99. The first kappa shape index (κ1) is 19.7. The number of ether oxygens (including phenoxy) is 2. The van der Waals surface area contributed by atoms with Crippen LogP contribution >= 0.6 is 12.4 Å². The Bertz CT molecular complexity index is 491. The molecule has 2 rings (SSSR count). The Morgan fingerprint density at radius 1 is 1.30 bits per heavy atom. The Morgan fingerprint density at radius 3 is 2.74 bits per heavy atom. The maximum absolute atomic E-state index is 11.9. The first-order chi connectivity index (χ1) is 10.7. The molecule has 1 amide bonds. The first-order valence-electron chi connectivity index (χ1n) is 7.96. The van der Waals surface area contributed by atoms with Crippen LogP contribution in [0.15, 0.2) is 18.2 Å². The number of nitrogens with one attached hydrogen (secondary N) is 2. The van der Waals surface area contributed by atoms with Crippen LogP contribution in [-0.2, 0) is 9.53 Å². The summed E-state index contributed by atoms with van der Waals surface area (Å²) in [5, 5.41) is 5.96. The van der Waals surface area contributed by atoms with Crippen LogP contribution in [0.25, 0.3) is 0 Å². The summed E-state index contributed by atoms with van der Waals surface area (Å²) in [7, 11) is 1.64. The van der Waals surface area contributed by atoms with Gasteiger partial charge in [0.25, 0.3) is 0 Å². The normalized spacial score (nSPS) is 14.3. The second-order valence-electron chi connectivity index (χ2n) is 5.67. The lowest BCUT2D eigenvalue weighted by molar-refractivity contribution is -0.115. The van der Waals surface area contributed by atoms with Gasteiger partial charge in [-0.05, 0) is 44.7 Å². The lowest BCUT2D eigenvalue weighted by atomic mass is 10.1. The second kappa shape index (κ2) is 10.5. The van der Waals surface area contributed by atoms with E-state index in [2.05, 4.69) is 10.6 Å². The topological polar surface area (TPSA) is 59.6 Å². The molecule has 0 heterocycles. The van der Waals surface area contributed by atoms with Crippen LogP contribution in [0.5, 0.6) is 5.75 Å². The molecule has 0 spiro atoms. The molecule has 1 aromatic carbocycles. The Hall–Kier alpha value is -1.30. The Morgan fingerprint density at radius 2 is 2.04 bits per heavy atom. The summed E-state index contributed by atoms with van der Waals surface area (Å²) in [5.74, 6) is 0.814. The Labute approximate surface area is 144 Å². The van der Waals surface area contributed by atoms with E-state index in [4.69, 9.17) is 9.47 Å². The van der Waals surface area contributed by atoms with E-state index >= 15 is 0 Å². The molecule has 1 aliphatic rings. The van der Waals surface area contributed by atoms with Gasteiger partial charge in [-0.15, -0.1) is 12.4 Å². The third-order valence-corrected chi connectivity index (χ3v) is 3.92. The number of anilines is 1. The van der Waals surface area contributed by atoms with Crippen LogP contribution in [0.2, 0.25) is 0 Å². The molecule has 1 aliphatic carbocycles. The highest BCUT2D eigenvalue weighted by atomic mass is 35.5. The number of rotatable bonds is 8. The average molecular weight is 343 g/mol. The molecule has 0 radical (unpaired) electrons. The molecule has 0 saturated heterocycles. The minimum atomic E-state index is -0.0581. The van der Waals surface area contributed by atoms with E-state index in [0.717, 1.165) is 29.8 Å². The smallest absolute Gasteiger partial charge is 0.238 e. The molecular weight excluding hydrogens is 316 g/mol. The maximum atomic E-state index is 11.9. The number of halogens is 1. The molecule has 1 fully saturated rings. The highest BCUT2D eigenvalue weighted by molar-refractivity contribution is 5.93. The molecule has 6 heteroatoms. The third-order valence-electron chi connectivity index (χ3n) is 3.92. The summed E-state index contributed by atoms with van der Waals surface area (Å²) in [4.78, 5) is 11.9. The SMILES string of the molecule is COCCNCC(=O)Nc1cccc(OC2CCCC2)c1C.Cl. The van der Waals surface area contributed by atoms with E-state index in [1.807, 2.05) is 25.1 Å². The second-order valence-corrected chi connectivity index (χ2v) is 5.67. The summed E-state index contributed by atoms with van der Waals surface area (Å²) in [6, 6.07) is 5.80. The number of carbonyl (C=O) groups is 1.